The highest BCUT2D eigenvalue weighted by Gasteiger charge is 2.15. The van der Waals surface area contributed by atoms with E-state index >= 15 is 0 Å². The van der Waals surface area contributed by atoms with E-state index in [2.05, 4.69) is 15.4 Å². The van der Waals surface area contributed by atoms with Crippen LogP contribution in [-0.2, 0) is 19.1 Å². The topological polar surface area (TPSA) is 93.7 Å². The van der Waals surface area contributed by atoms with Crippen molar-refractivity contribution in [1.29, 1.82) is 0 Å². The highest BCUT2D eigenvalue weighted by Crippen LogP contribution is 2.16. The molecule has 1 aliphatic rings. The summed E-state index contributed by atoms with van der Waals surface area (Å²) in [7, 11) is 1.22. The summed E-state index contributed by atoms with van der Waals surface area (Å²) in [4.78, 5) is 33.5. The number of nitrogens with one attached hydrogen (secondary N) is 2. The molecule has 7 heteroatoms. The summed E-state index contributed by atoms with van der Waals surface area (Å²) in [6.07, 6.45) is 7.51. The van der Waals surface area contributed by atoms with Gasteiger partial charge in [-0.1, -0.05) is 19.3 Å². The first-order valence-electron chi connectivity index (χ1n) is 7.09. The normalized spacial score (nSPS) is 15.5. The van der Waals surface area contributed by atoms with Gasteiger partial charge >= 0.3 is 18.0 Å². The van der Waals surface area contributed by atoms with Crippen LogP contribution in [0, 0.1) is 0 Å². The molecule has 0 heterocycles. The minimum atomic E-state index is -0.658. The first kappa shape index (κ1) is 17.0. The first-order valence-corrected chi connectivity index (χ1v) is 7.09. The number of hydrogen-bond donors (Lipinski definition) is 2. The minimum Gasteiger partial charge on any atom is -0.466 e. The lowest BCUT2D eigenvalue weighted by Crippen LogP contribution is -2.43. The van der Waals surface area contributed by atoms with Crippen LogP contribution in [0.15, 0.2) is 12.2 Å². The summed E-state index contributed by atoms with van der Waals surface area (Å²) in [6.45, 7) is 0.263. The van der Waals surface area contributed by atoms with E-state index in [1.807, 2.05) is 0 Å². The molecule has 0 unspecified atom stereocenters. The maximum Gasteiger partial charge on any atom is 0.331 e. The fraction of sp³-hybridized carbons (Fsp3) is 0.643. The van der Waals surface area contributed by atoms with Gasteiger partial charge in [0.2, 0.25) is 0 Å². The Hall–Kier alpha value is -2.05. The van der Waals surface area contributed by atoms with Gasteiger partial charge < -0.3 is 20.1 Å². The molecule has 0 atom stereocenters. The van der Waals surface area contributed by atoms with Gasteiger partial charge in [-0.3, -0.25) is 0 Å². The highest BCUT2D eigenvalue weighted by molar-refractivity contribution is 5.91. The Kier molecular flexibility index (Phi) is 7.93. The second-order valence-corrected chi connectivity index (χ2v) is 4.76. The number of rotatable bonds is 6. The average Bonchev–Trinajstić information content (AvgIpc) is 2.50. The van der Waals surface area contributed by atoms with Crippen molar-refractivity contribution in [2.75, 3.05) is 20.3 Å². The van der Waals surface area contributed by atoms with E-state index in [-0.39, 0.29) is 25.2 Å². The van der Waals surface area contributed by atoms with Gasteiger partial charge in [-0.25, -0.2) is 14.4 Å². The Bertz CT molecular complexity index is 389. The van der Waals surface area contributed by atoms with Gasteiger partial charge in [0.25, 0.3) is 0 Å². The summed E-state index contributed by atoms with van der Waals surface area (Å²) in [5.74, 6) is -1.29. The predicted octanol–water partition coefficient (Wildman–Crippen LogP) is 0.891. The highest BCUT2D eigenvalue weighted by atomic mass is 16.5. The number of hydrogen-bond acceptors (Lipinski definition) is 5. The third-order valence-corrected chi connectivity index (χ3v) is 3.13. The molecule has 0 aromatic heterocycles. The van der Waals surface area contributed by atoms with Crippen molar-refractivity contribution < 1.29 is 23.9 Å². The molecule has 0 radical (unpaired) electrons. The summed E-state index contributed by atoms with van der Waals surface area (Å²) in [6, 6.07) is -0.00709. The molecule has 1 fully saturated rings. The lowest BCUT2D eigenvalue weighted by Gasteiger charge is -2.22. The molecular formula is C14H22N2O5. The van der Waals surface area contributed by atoms with Crippen LogP contribution in [0.2, 0.25) is 0 Å². The number of methoxy groups -OCH3 is 1. The number of amides is 2. The van der Waals surface area contributed by atoms with Crippen LogP contribution in [0.3, 0.4) is 0 Å². The molecule has 2 amide bonds. The fourth-order valence-corrected chi connectivity index (χ4v) is 2.05. The molecule has 21 heavy (non-hydrogen) atoms. The second kappa shape index (κ2) is 9.79. The number of carbonyl (C=O) groups excluding carboxylic acids is 3. The van der Waals surface area contributed by atoms with E-state index in [9.17, 15) is 14.4 Å². The molecule has 0 aromatic rings. The van der Waals surface area contributed by atoms with Gasteiger partial charge in [0.15, 0.2) is 0 Å². The summed E-state index contributed by atoms with van der Waals surface area (Å²) in [5, 5.41) is 5.51. The Morgan fingerprint density at radius 3 is 2.43 bits per heavy atom. The molecule has 1 saturated carbocycles. The molecule has 0 saturated heterocycles. The van der Waals surface area contributed by atoms with Crippen LogP contribution < -0.4 is 10.6 Å². The van der Waals surface area contributed by atoms with E-state index in [1.165, 1.54) is 13.5 Å². The van der Waals surface area contributed by atoms with E-state index in [1.54, 1.807) is 0 Å². The molecule has 0 aromatic carbocycles. The van der Waals surface area contributed by atoms with Gasteiger partial charge in [0.05, 0.1) is 13.7 Å². The Balaban J connectivity index is 2.07. The van der Waals surface area contributed by atoms with Crippen molar-refractivity contribution in [3.05, 3.63) is 12.2 Å². The van der Waals surface area contributed by atoms with Gasteiger partial charge in [-0.2, -0.15) is 0 Å². The van der Waals surface area contributed by atoms with Crippen LogP contribution in [0.5, 0.6) is 0 Å². The van der Waals surface area contributed by atoms with Gasteiger partial charge in [0.1, 0.15) is 6.61 Å². The Morgan fingerprint density at radius 1 is 1.10 bits per heavy atom. The lowest BCUT2D eigenvalue weighted by atomic mass is 9.96. The molecule has 0 aliphatic heterocycles. The zero-order valence-corrected chi connectivity index (χ0v) is 12.2. The molecular weight excluding hydrogens is 276 g/mol. The standard InChI is InChI=1S/C14H22N2O5/c1-20-12(17)7-8-13(18)21-10-9-15-14(19)16-11-5-3-2-4-6-11/h7-8,11H,2-6,9-10H2,1H3,(H2,15,16,19)/b8-7+. The van der Waals surface area contributed by atoms with E-state index in [0.29, 0.717) is 0 Å². The average molecular weight is 298 g/mol. The summed E-state index contributed by atoms with van der Waals surface area (Å²) >= 11 is 0. The zero-order valence-electron chi connectivity index (χ0n) is 12.2. The molecule has 7 nitrogen and oxygen atoms in total. The monoisotopic (exact) mass is 298 g/mol. The van der Waals surface area contributed by atoms with Crippen molar-refractivity contribution >= 4 is 18.0 Å². The third kappa shape index (κ3) is 7.96. The minimum absolute atomic E-state index is 0.0441. The quantitative estimate of drug-likeness (QED) is 0.431. The third-order valence-electron chi connectivity index (χ3n) is 3.13. The first-order chi connectivity index (χ1) is 10.1. The second-order valence-electron chi connectivity index (χ2n) is 4.76. The lowest BCUT2D eigenvalue weighted by molar-refractivity contribution is -0.139. The van der Waals surface area contributed by atoms with Crippen LogP contribution in [-0.4, -0.2) is 44.3 Å². The predicted molar refractivity (Wildman–Crippen MR) is 75.5 cm³/mol. The van der Waals surface area contributed by atoms with E-state index < -0.39 is 11.9 Å². The Morgan fingerprint density at radius 2 is 1.76 bits per heavy atom. The maximum absolute atomic E-state index is 11.6. The van der Waals surface area contributed by atoms with Crippen molar-refractivity contribution in [2.24, 2.45) is 0 Å². The summed E-state index contributed by atoms with van der Waals surface area (Å²) in [5.41, 5.74) is 0. The molecule has 1 aliphatic carbocycles. The van der Waals surface area contributed by atoms with Crippen molar-refractivity contribution in [2.45, 2.75) is 38.1 Å². The van der Waals surface area contributed by atoms with Crippen molar-refractivity contribution in [1.82, 2.24) is 10.6 Å². The number of carbonyl (C=O) groups is 3. The molecule has 0 bridgehead atoms. The van der Waals surface area contributed by atoms with Crippen LogP contribution in [0.1, 0.15) is 32.1 Å². The number of ether oxygens (including phenoxy) is 2. The van der Waals surface area contributed by atoms with Gasteiger partial charge in [-0.05, 0) is 12.8 Å². The fourth-order valence-electron chi connectivity index (χ4n) is 2.05. The van der Waals surface area contributed by atoms with Crippen LogP contribution in [0.25, 0.3) is 0 Å². The molecule has 118 valence electrons. The number of urea groups is 1. The smallest absolute Gasteiger partial charge is 0.331 e. The van der Waals surface area contributed by atoms with Crippen LogP contribution in [0.4, 0.5) is 4.79 Å². The molecule has 0 spiro atoms. The van der Waals surface area contributed by atoms with E-state index in [0.717, 1.165) is 37.8 Å². The van der Waals surface area contributed by atoms with Crippen LogP contribution >= 0.6 is 0 Å². The van der Waals surface area contributed by atoms with Gasteiger partial charge in [-0.15, -0.1) is 0 Å². The summed E-state index contributed by atoms with van der Waals surface area (Å²) < 4.78 is 9.13. The van der Waals surface area contributed by atoms with Crippen molar-refractivity contribution in [3.8, 4) is 0 Å². The van der Waals surface area contributed by atoms with Gasteiger partial charge in [0, 0.05) is 18.2 Å². The number of esters is 2. The van der Waals surface area contributed by atoms with E-state index in [4.69, 9.17) is 4.74 Å². The maximum atomic E-state index is 11.6. The molecule has 2 N–H and O–H groups in total. The largest absolute Gasteiger partial charge is 0.466 e. The zero-order chi connectivity index (χ0) is 15.5. The SMILES string of the molecule is COC(=O)/C=C/C(=O)OCCNC(=O)NC1CCCCC1. The van der Waals surface area contributed by atoms with Crippen molar-refractivity contribution in [3.63, 3.8) is 0 Å². The Labute approximate surface area is 124 Å². The molecule has 1 rings (SSSR count).